The van der Waals surface area contributed by atoms with Crippen molar-refractivity contribution in [1.82, 2.24) is 5.32 Å². The maximum atomic E-state index is 11.6. The van der Waals surface area contributed by atoms with Gasteiger partial charge in [-0.1, -0.05) is 12.8 Å². The minimum Gasteiger partial charge on any atom is -0.355 e. The molecular weight excluding hydrogens is 188 g/mol. The van der Waals surface area contributed by atoms with Crippen molar-refractivity contribution in [2.75, 3.05) is 13.1 Å². The van der Waals surface area contributed by atoms with Gasteiger partial charge in [0.1, 0.15) is 0 Å². The molecule has 0 aromatic rings. The number of carbonyl (C=O) groups is 1. The summed E-state index contributed by atoms with van der Waals surface area (Å²) in [6.07, 6.45) is 8.15. The van der Waals surface area contributed by atoms with Gasteiger partial charge in [-0.15, -0.1) is 0 Å². The summed E-state index contributed by atoms with van der Waals surface area (Å²) in [6, 6.07) is 0. The Morgan fingerprint density at radius 3 is 2.53 bits per heavy atom. The van der Waals surface area contributed by atoms with Gasteiger partial charge in [0.15, 0.2) is 0 Å². The molecule has 0 aromatic carbocycles. The monoisotopic (exact) mass is 210 g/mol. The summed E-state index contributed by atoms with van der Waals surface area (Å²) in [5.74, 6) is 0.916. The molecular formula is C12H22N2O. The van der Waals surface area contributed by atoms with Gasteiger partial charge >= 0.3 is 0 Å². The Kier molecular flexibility index (Phi) is 3.29. The minimum absolute atomic E-state index is 0.221. The van der Waals surface area contributed by atoms with Crippen molar-refractivity contribution in [2.24, 2.45) is 17.1 Å². The summed E-state index contributed by atoms with van der Waals surface area (Å²) in [5.41, 5.74) is 6.04. The summed E-state index contributed by atoms with van der Waals surface area (Å²) in [6.45, 7) is 1.52. The molecule has 3 N–H and O–H groups in total. The first-order valence-electron chi connectivity index (χ1n) is 6.21. The Hall–Kier alpha value is -0.570. The van der Waals surface area contributed by atoms with Gasteiger partial charge in [0.25, 0.3) is 0 Å². The normalized spacial score (nSPS) is 24.1. The van der Waals surface area contributed by atoms with Gasteiger partial charge in [-0.25, -0.2) is 0 Å². The van der Waals surface area contributed by atoms with Crippen molar-refractivity contribution in [3.8, 4) is 0 Å². The standard InChI is InChI=1S/C12H22N2O/c13-8-12(5-1-2-6-12)9-14-11(15)7-10-3-4-10/h10H,1-9,13H2,(H,14,15). The Balaban J connectivity index is 1.72. The summed E-state index contributed by atoms with van der Waals surface area (Å²) in [5, 5.41) is 3.07. The average Bonchev–Trinajstić information content (AvgIpc) is 2.93. The zero-order valence-corrected chi connectivity index (χ0v) is 9.43. The van der Waals surface area contributed by atoms with Crippen LogP contribution in [0.25, 0.3) is 0 Å². The molecule has 0 aliphatic heterocycles. The van der Waals surface area contributed by atoms with Gasteiger partial charge in [0, 0.05) is 13.0 Å². The van der Waals surface area contributed by atoms with E-state index in [2.05, 4.69) is 5.32 Å². The highest BCUT2D eigenvalue weighted by Crippen LogP contribution is 2.36. The number of nitrogens with one attached hydrogen (secondary N) is 1. The fraction of sp³-hybridized carbons (Fsp3) is 0.917. The van der Waals surface area contributed by atoms with Crippen LogP contribution in [-0.2, 0) is 4.79 Å². The quantitative estimate of drug-likeness (QED) is 0.721. The van der Waals surface area contributed by atoms with Crippen LogP contribution in [-0.4, -0.2) is 19.0 Å². The highest BCUT2D eigenvalue weighted by atomic mass is 16.1. The highest BCUT2D eigenvalue weighted by molar-refractivity contribution is 5.76. The van der Waals surface area contributed by atoms with Gasteiger partial charge in [0.2, 0.25) is 5.91 Å². The molecule has 0 radical (unpaired) electrons. The van der Waals surface area contributed by atoms with Crippen molar-refractivity contribution in [2.45, 2.75) is 44.9 Å². The van der Waals surface area contributed by atoms with E-state index in [-0.39, 0.29) is 11.3 Å². The third-order valence-corrected chi connectivity index (χ3v) is 3.93. The Morgan fingerprint density at radius 1 is 1.33 bits per heavy atom. The predicted molar refractivity (Wildman–Crippen MR) is 60.3 cm³/mol. The van der Waals surface area contributed by atoms with Gasteiger partial charge in [-0.3, -0.25) is 4.79 Å². The number of hydrogen-bond acceptors (Lipinski definition) is 2. The minimum atomic E-state index is 0.221. The number of rotatable bonds is 5. The first-order chi connectivity index (χ1) is 7.24. The third kappa shape index (κ3) is 2.94. The molecule has 0 heterocycles. The number of nitrogens with two attached hydrogens (primary N) is 1. The van der Waals surface area contributed by atoms with Gasteiger partial charge in [0.05, 0.1) is 0 Å². The van der Waals surface area contributed by atoms with E-state index >= 15 is 0 Å². The molecule has 1 amide bonds. The van der Waals surface area contributed by atoms with Crippen molar-refractivity contribution in [3.05, 3.63) is 0 Å². The van der Waals surface area contributed by atoms with E-state index in [9.17, 15) is 4.79 Å². The fourth-order valence-corrected chi connectivity index (χ4v) is 2.52. The van der Waals surface area contributed by atoms with Crippen LogP contribution >= 0.6 is 0 Å². The second-order valence-corrected chi connectivity index (χ2v) is 5.34. The molecule has 2 aliphatic carbocycles. The lowest BCUT2D eigenvalue weighted by Gasteiger charge is -2.27. The van der Waals surface area contributed by atoms with Crippen LogP contribution in [0.5, 0.6) is 0 Å². The van der Waals surface area contributed by atoms with E-state index in [0.717, 1.165) is 19.5 Å². The molecule has 2 fully saturated rings. The smallest absolute Gasteiger partial charge is 0.220 e. The average molecular weight is 210 g/mol. The van der Waals surface area contributed by atoms with E-state index in [1.54, 1.807) is 0 Å². The molecule has 2 saturated carbocycles. The second kappa shape index (κ2) is 4.52. The van der Waals surface area contributed by atoms with Crippen LogP contribution in [0, 0.1) is 11.3 Å². The first-order valence-corrected chi connectivity index (χ1v) is 6.21. The highest BCUT2D eigenvalue weighted by Gasteiger charge is 2.33. The molecule has 86 valence electrons. The van der Waals surface area contributed by atoms with E-state index < -0.39 is 0 Å². The lowest BCUT2D eigenvalue weighted by Crippen LogP contribution is -2.40. The zero-order valence-electron chi connectivity index (χ0n) is 9.43. The Morgan fingerprint density at radius 2 is 2.00 bits per heavy atom. The van der Waals surface area contributed by atoms with Crippen LogP contribution in [0.2, 0.25) is 0 Å². The zero-order chi connectivity index (χ0) is 10.7. The summed E-state index contributed by atoms with van der Waals surface area (Å²) in [4.78, 5) is 11.6. The SMILES string of the molecule is NCC1(CNC(=O)CC2CC2)CCCC1. The second-order valence-electron chi connectivity index (χ2n) is 5.34. The third-order valence-electron chi connectivity index (χ3n) is 3.93. The molecule has 3 nitrogen and oxygen atoms in total. The van der Waals surface area contributed by atoms with E-state index in [1.165, 1.54) is 38.5 Å². The summed E-state index contributed by atoms with van der Waals surface area (Å²) in [7, 11) is 0. The fourth-order valence-electron chi connectivity index (χ4n) is 2.52. The molecule has 0 aromatic heterocycles. The maximum Gasteiger partial charge on any atom is 0.220 e. The molecule has 0 atom stereocenters. The molecule has 3 heteroatoms. The first kappa shape index (κ1) is 10.9. The van der Waals surface area contributed by atoms with Crippen LogP contribution in [0.3, 0.4) is 0 Å². The Labute approximate surface area is 91.8 Å². The number of amides is 1. The molecule has 0 unspecified atom stereocenters. The summed E-state index contributed by atoms with van der Waals surface area (Å²) >= 11 is 0. The summed E-state index contributed by atoms with van der Waals surface area (Å²) < 4.78 is 0. The molecule has 2 aliphatic rings. The number of carbonyl (C=O) groups excluding carboxylic acids is 1. The maximum absolute atomic E-state index is 11.6. The van der Waals surface area contributed by atoms with Crippen molar-refractivity contribution in [3.63, 3.8) is 0 Å². The van der Waals surface area contributed by atoms with Crippen LogP contribution in [0.4, 0.5) is 0 Å². The van der Waals surface area contributed by atoms with Crippen LogP contribution in [0.15, 0.2) is 0 Å². The largest absolute Gasteiger partial charge is 0.355 e. The molecule has 0 saturated heterocycles. The molecule has 0 spiro atoms. The lowest BCUT2D eigenvalue weighted by molar-refractivity contribution is -0.121. The van der Waals surface area contributed by atoms with E-state index in [4.69, 9.17) is 5.73 Å². The van der Waals surface area contributed by atoms with Crippen LogP contribution in [0.1, 0.15) is 44.9 Å². The molecule has 2 rings (SSSR count). The lowest BCUT2D eigenvalue weighted by atomic mass is 9.86. The van der Waals surface area contributed by atoms with Gasteiger partial charge in [-0.05, 0) is 43.6 Å². The molecule has 0 bridgehead atoms. The van der Waals surface area contributed by atoms with E-state index in [1.807, 2.05) is 0 Å². The van der Waals surface area contributed by atoms with Gasteiger partial charge in [-0.2, -0.15) is 0 Å². The van der Waals surface area contributed by atoms with Crippen molar-refractivity contribution >= 4 is 5.91 Å². The van der Waals surface area contributed by atoms with Crippen molar-refractivity contribution < 1.29 is 4.79 Å². The number of hydrogen-bond donors (Lipinski definition) is 2. The van der Waals surface area contributed by atoms with Crippen molar-refractivity contribution in [1.29, 1.82) is 0 Å². The molecule has 15 heavy (non-hydrogen) atoms. The topological polar surface area (TPSA) is 55.1 Å². The van der Waals surface area contributed by atoms with E-state index in [0.29, 0.717) is 5.92 Å². The Bertz CT molecular complexity index is 230. The van der Waals surface area contributed by atoms with Gasteiger partial charge < -0.3 is 11.1 Å². The predicted octanol–water partition coefficient (Wildman–Crippen LogP) is 1.42. The van der Waals surface area contributed by atoms with Crippen LogP contribution < -0.4 is 11.1 Å².